The Morgan fingerprint density at radius 2 is 1.04 bits per heavy atom. The van der Waals surface area contributed by atoms with E-state index in [2.05, 4.69) is 182 Å². The fourth-order valence-corrected chi connectivity index (χ4v) is 9.83. The van der Waals surface area contributed by atoms with Crippen LogP contribution in [0.5, 0.6) is 0 Å². The predicted octanol–water partition coefficient (Wildman–Crippen LogP) is 13.6. The molecule has 0 unspecified atom stereocenters. The maximum atomic E-state index is 6.67. The minimum absolute atomic E-state index is 0.508. The molecule has 0 saturated heterocycles. The molecule has 2 aliphatic rings. The maximum absolute atomic E-state index is 6.67. The highest BCUT2D eigenvalue weighted by molar-refractivity contribution is 6.19. The fourth-order valence-electron chi connectivity index (χ4n) is 9.83. The second kappa shape index (κ2) is 10.2. The van der Waals surface area contributed by atoms with Crippen molar-refractivity contribution in [1.82, 2.24) is 0 Å². The lowest BCUT2D eigenvalue weighted by atomic mass is 9.68. The molecule has 0 bridgehead atoms. The second-order valence-corrected chi connectivity index (χ2v) is 14.3. The van der Waals surface area contributed by atoms with Crippen LogP contribution < -0.4 is 0 Å². The van der Waals surface area contributed by atoms with Gasteiger partial charge in [-0.3, -0.25) is 0 Å². The van der Waals surface area contributed by atoms with Gasteiger partial charge >= 0.3 is 0 Å². The first kappa shape index (κ1) is 28.0. The predicted molar refractivity (Wildman–Crippen MR) is 216 cm³/mol. The van der Waals surface area contributed by atoms with E-state index in [1.807, 2.05) is 0 Å². The molecule has 0 radical (unpaired) electrons. The summed E-state index contributed by atoms with van der Waals surface area (Å²) >= 11 is 0. The molecule has 0 amide bonds. The Hall–Kier alpha value is -6.70. The molecule has 1 heteroatoms. The smallest absolute Gasteiger partial charge is 0.143 e. The van der Waals surface area contributed by atoms with Gasteiger partial charge in [-0.25, -0.2) is 0 Å². The molecule has 9 aromatic carbocycles. The van der Waals surface area contributed by atoms with Crippen molar-refractivity contribution in [2.75, 3.05) is 0 Å². The molecule has 1 spiro atoms. The van der Waals surface area contributed by atoms with Gasteiger partial charge < -0.3 is 4.42 Å². The summed E-state index contributed by atoms with van der Waals surface area (Å²) < 4.78 is 6.67. The maximum Gasteiger partial charge on any atom is 0.143 e. The van der Waals surface area contributed by atoms with Gasteiger partial charge in [-0.05, 0) is 107 Å². The van der Waals surface area contributed by atoms with Crippen LogP contribution in [0.15, 0.2) is 186 Å². The summed E-state index contributed by atoms with van der Waals surface area (Å²) in [6, 6.07) is 67.3. The van der Waals surface area contributed by atoms with E-state index in [0.29, 0.717) is 0 Å². The number of fused-ring (bicyclic) bond motifs is 17. The van der Waals surface area contributed by atoms with Crippen molar-refractivity contribution >= 4 is 43.5 Å². The molecule has 240 valence electrons. The highest BCUT2D eigenvalue weighted by atomic mass is 16.3. The third-order valence-corrected chi connectivity index (χ3v) is 11.9. The minimum atomic E-state index is -0.508. The van der Waals surface area contributed by atoms with Crippen LogP contribution in [0, 0.1) is 0 Å². The largest absolute Gasteiger partial charge is 0.455 e. The van der Waals surface area contributed by atoms with Gasteiger partial charge in [-0.1, -0.05) is 158 Å². The molecule has 0 atom stereocenters. The van der Waals surface area contributed by atoms with E-state index in [1.54, 1.807) is 0 Å². The quantitative estimate of drug-likeness (QED) is 0.180. The molecule has 0 aliphatic heterocycles. The molecule has 1 aromatic heterocycles. The molecule has 52 heavy (non-hydrogen) atoms. The van der Waals surface area contributed by atoms with Gasteiger partial charge in [0.15, 0.2) is 0 Å². The van der Waals surface area contributed by atoms with Gasteiger partial charge in [-0.15, -0.1) is 0 Å². The van der Waals surface area contributed by atoms with Crippen LogP contribution in [0.4, 0.5) is 0 Å². The number of benzene rings is 9. The van der Waals surface area contributed by atoms with E-state index < -0.39 is 5.41 Å². The van der Waals surface area contributed by atoms with E-state index in [4.69, 9.17) is 4.42 Å². The first-order valence-corrected chi connectivity index (χ1v) is 18.1. The average molecular weight is 659 g/mol. The van der Waals surface area contributed by atoms with Crippen LogP contribution in [-0.4, -0.2) is 0 Å². The first-order chi connectivity index (χ1) is 25.8. The van der Waals surface area contributed by atoms with Gasteiger partial charge in [0.1, 0.15) is 11.2 Å². The molecule has 0 saturated carbocycles. The molecule has 1 heterocycles. The van der Waals surface area contributed by atoms with Gasteiger partial charge in [0.2, 0.25) is 0 Å². The lowest BCUT2D eigenvalue weighted by molar-refractivity contribution is 0.673. The Morgan fingerprint density at radius 3 is 1.85 bits per heavy atom. The van der Waals surface area contributed by atoms with Crippen molar-refractivity contribution in [3.05, 3.63) is 204 Å². The van der Waals surface area contributed by atoms with E-state index in [9.17, 15) is 0 Å². The summed E-state index contributed by atoms with van der Waals surface area (Å²) in [5.41, 5.74) is 16.9. The number of furan rings is 1. The third kappa shape index (κ3) is 3.48. The molecular formula is C51H30O. The highest BCUT2D eigenvalue weighted by Crippen LogP contribution is 2.66. The van der Waals surface area contributed by atoms with Crippen molar-refractivity contribution < 1.29 is 4.42 Å². The van der Waals surface area contributed by atoms with Crippen molar-refractivity contribution in [3.63, 3.8) is 0 Å². The Labute approximate surface area is 301 Å². The Kier molecular flexibility index (Phi) is 5.49. The average Bonchev–Trinajstić information content (AvgIpc) is 3.85. The monoisotopic (exact) mass is 658 g/mol. The summed E-state index contributed by atoms with van der Waals surface area (Å²) in [5, 5.41) is 7.19. The van der Waals surface area contributed by atoms with Crippen LogP contribution in [-0.2, 0) is 5.41 Å². The lowest BCUT2D eigenvalue weighted by Gasteiger charge is -2.32. The van der Waals surface area contributed by atoms with Crippen molar-refractivity contribution in [3.8, 4) is 44.5 Å². The number of rotatable bonds is 2. The van der Waals surface area contributed by atoms with E-state index >= 15 is 0 Å². The van der Waals surface area contributed by atoms with Crippen LogP contribution in [0.25, 0.3) is 88.0 Å². The molecule has 10 aromatic rings. The van der Waals surface area contributed by atoms with E-state index in [0.717, 1.165) is 27.3 Å². The fraction of sp³-hybridized carbons (Fsp3) is 0.0196. The zero-order valence-corrected chi connectivity index (χ0v) is 28.2. The number of hydrogen-bond donors (Lipinski definition) is 0. The normalized spacial score (nSPS) is 13.5. The number of hydrogen-bond acceptors (Lipinski definition) is 1. The molecular weight excluding hydrogens is 629 g/mol. The molecule has 1 nitrogen and oxygen atoms in total. The standard InChI is InChI=1S/C51H30O/c1-2-13-31(14-3-1)42-29-33-16-5-6-17-36(33)48-40-27-26-34(35-21-12-24-46-47(35)41-28-25-32-15-4-7-18-37(32)50(41)52-46)30-45(40)51(49(42)48)43-22-10-8-19-38(43)39-20-9-11-23-44(39)51/h1-30H. The second-order valence-electron chi connectivity index (χ2n) is 14.3. The summed E-state index contributed by atoms with van der Waals surface area (Å²) in [5.74, 6) is 0. The van der Waals surface area contributed by atoms with Crippen LogP contribution in [0.3, 0.4) is 0 Å². The van der Waals surface area contributed by atoms with Crippen molar-refractivity contribution in [2.45, 2.75) is 5.41 Å². The minimum Gasteiger partial charge on any atom is -0.455 e. The Balaban J connectivity index is 1.24. The van der Waals surface area contributed by atoms with Crippen LogP contribution in [0.1, 0.15) is 22.3 Å². The Bertz CT molecular complexity index is 3080. The molecule has 2 aliphatic carbocycles. The summed E-state index contributed by atoms with van der Waals surface area (Å²) in [6.07, 6.45) is 0. The SMILES string of the molecule is c1ccc(-c2cc3ccccc3c3c2C2(c4ccccc4-c4ccccc42)c2cc(-c4cccc5oc6c7ccccc7ccc6c45)ccc2-3)cc1. The van der Waals surface area contributed by atoms with Crippen molar-refractivity contribution in [1.29, 1.82) is 0 Å². The van der Waals surface area contributed by atoms with Gasteiger partial charge in [0.05, 0.1) is 5.41 Å². The van der Waals surface area contributed by atoms with Gasteiger partial charge in [0.25, 0.3) is 0 Å². The van der Waals surface area contributed by atoms with Gasteiger partial charge in [0, 0.05) is 16.2 Å². The highest BCUT2D eigenvalue weighted by Gasteiger charge is 2.53. The third-order valence-electron chi connectivity index (χ3n) is 11.9. The van der Waals surface area contributed by atoms with Gasteiger partial charge in [-0.2, -0.15) is 0 Å². The first-order valence-electron chi connectivity index (χ1n) is 18.1. The molecule has 0 fully saturated rings. The zero-order valence-electron chi connectivity index (χ0n) is 28.2. The molecule has 12 rings (SSSR count). The molecule has 0 N–H and O–H groups in total. The zero-order chi connectivity index (χ0) is 34.0. The topological polar surface area (TPSA) is 13.1 Å². The van der Waals surface area contributed by atoms with E-state index in [-0.39, 0.29) is 0 Å². The summed E-state index contributed by atoms with van der Waals surface area (Å²) in [6.45, 7) is 0. The summed E-state index contributed by atoms with van der Waals surface area (Å²) in [4.78, 5) is 0. The van der Waals surface area contributed by atoms with Crippen LogP contribution in [0.2, 0.25) is 0 Å². The lowest BCUT2D eigenvalue weighted by Crippen LogP contribution is -2.26. The Morgan fingerprint density at radius 1 is 0.365 bits per heavy atom. The van der Waals surface area contributed by atoms with Crippen LogP contribution >= 0.6 is 0 Å². The van der Waals surface area contributed by atoms with Crippen molar-refractivity contribution in [2.24, 2.45) is 0 Å². The van der Waals surface area contributed by atoms with E-state index in [1.165, 1.54) is 82.9 Å². The summed E-state index contributed by atoms with van der Waals surface area (Å²) in [7, 11) is 0.